The van der Waals surface area contributed by atoms with Gasteiger partial charge in [-0.1, -0.05) is 24.3 Å². The van der Waals surface area contributed by atoms with Gasteiger partial charge in [-0.2, -0.15) is 0 Å². The summed E-state index contributed by atoms with van der Waals surface area (Å²) in [7, 11) is 0. The summed E-state index contributed by atoms with van der Waals surface area (Å²) in [6.07, 6.45) is 0.168. The van der Waals surface area contributed by atoms with Crippen LogP contribution in [0, 0.1) is 11.6 Å². The van der Waals surface area contributed by atoms with Gasteiger partial charge in [-0.05, 0) is 37.1 Å². The molecule has 1 N–H and O–H groups in total. The molecule has 0 heterocycles. The predicted molar refractivity (Wildman–Crippen MR) is 72.5 cm³/mol. The molecule has 2 aromatic carbocycles. The Morgan fingerprint density at radius 3 is 2.45 bits per heavy atom. The van der Waals surface area contributed by atoms with Crippen molar-refractivity contribution in [2.75, 3.05) is 0 Å². The molecule has 1 unspecified atom stereocenters. The van der Waals surface area contributed by atoms with Gasteiger partial charge in [0, 0.05) is 5.56 Å². The molecule has 20 heavy (non-hydrogen) atoms. The van der Waals surface area contributed by atoms with Crippen molar-refractivity contribution in [3.8, 4) is 5.75 Å². The van der Waals surface area contributed by atoms with Crippen molar-refractivity contribution in [1.29, 1.82) is 0 Å². The highest BCUT2D eigenvalue weighted by atomic mass is 19.2. The van der Waals surface area contributed by atoms with Crippen molar-refractivity contribution in [3.63, 3.8) is 0 Å². The molecule has 0 saturated heterocycles. The first-order valence-corrected chi connectivity index (χ1v) is 6.39. The summed E-state index contributed by atoms with van der Waals surface area (Å²) in [6, 6.07) is 11.2. The van der Waals surface area contributed by atoms with Gasteiger partial charge in [0.15, 0.2) is 11.6 Å². The fourth-order valence-corrected chi connectivity index (χ4v) is 1.88. The largest absolute Gasteiger partial charge is 0.489 e. The smallest absolute Gasteiger partial charge is 0.165 e. The third kappa shape index (κ3) is 3.78. The SMILES string of the molecule is CC(O)Cc1ccc(OCc2cccc(F)c2F)cc1. The summed E-state index contributed by atoms with van der Waals surface area (Å²) in [4.78, 5) is 0. The summed E-state index contributed by atoms with van der Waals surface area (Å²) in [6.45, 7) is 1.69. The van der Waals surface area contributed by atoms with Crippen LogP contribution in [0.1, 0.15) is 18.1 Å². The quantitative estimate of drug-likeness (QED) is 0.907. The van der Waals surface area contributed by atoms with Crippen LogP contribution in [-0.4, -0.2) is 11.2 Å². The van der Waals surface area contributed by atoms with Crippen molar-refractivity contribution in [2.45, 2.75) is 26.1 Å². The van der Waals surface area contributed by atoms with Crippen molar-refractivity contribution in [1.82, 2.24) is 0 Å². The molecule has 0 saturated carbocycles. The van der Waals surface area contributed by atoms with Crippen LogP contribution in [-0.2, 0) is 13.0 Å². The predicted octanol–water partition coefficient (Wildman–Crippen LogP) is 3.47. The Labute approximate surface area is 116 Å². The normalized spacial score (nSPS) is 12.2. The van der Waals surface area contributed by atoms with Crippen molar-refractivity contribution >= 4 is 0 Å². The average molecular weight is 278 g/mol. The van der Waals surface area contributed by atoms with Gasteiger partial charge >= 0.3 is 0 Å². The average Bonchev–Trinajstić information content (AvgIpc) is 2.41. The first-order chi connectivity index (χ1) is 9.56. The molecule has 0 fully saturated rings. The van der Waals surface area contributed by atoms with Gasteiger partial charge in [-0.25, -0.2) is 8.78 Å². The summed E-state index contributed by atoms with van der Waals surface area (Å²) in [5, 5.41) is 9.28. The van der Waals surface area contributed by atoms with E-state index < -0.39 is 17.7 Å². The van der Waals surface area contributed by atoms with E-state index in [2.05, 4.69) is 0 Å². The van der Waals surface area contributed by atoms with Crippen molar-refractivity contribution in [2.24, 2.45) is 0 Å². The maximum atomic E-state index is 13.4. The Bertz CT molecular complexity index is 565. The van der Waals surface area contributed by atoms with E-state index in [1.807, 2.05) is 12.1 Å². The Hall–Kier alpha value is -1.94. The number of hydrogen-bond donors (Lipinski definition) is 1. The number of halogens is 2. The molecule has 0 aliphatic rings. The van der Waals surface area contributed by atoms with Crippen LogP contribution in [0.15, 0.2) is 42.5 Å². The standard InChI is InChI=1S/C16H16F2O2/c1-11(19)9-12-5-7-14(8-6-12)20-10-13-3-2-4-15(17)16(13)18/h2-8,11,19H,9-10H2,1H3. The molecule has 0 bridgehead atoms. The fourth-order valence-electron chi connectivity index (χ4n) is 1.88. The van der Waals surface area contributed by atoms with Crippen LogP contribution in [0.4, 0.5) is 8.78 Å². The molecular weight excluding hydrogens is 262 g/mol. The summed E-state index contributed by atoms with van der Waals surface area (Å²) in [5.74, 6) is -1.18. The minimum Gasteiger partial charge on any atom is -0.489 e. The molecule has 0 aliphatic heterocycles. The van der Waals surface area contributed by atoms with Gasteiger partial charge in [0.05, 0.1) is 6.10 Å². The molecule has 1 atom stereocenters. The van der Waals surface area contributed by atoms with Crippen LogP contribution >= 0.6 is 0 Å². The minimum atomic E-state index is -0.877. The first-order valence-electron chi connectivity index (χ1n) is 6.39. The summed E-state index contributed by atoms with van der Waals surface area (Å²) >= 11 is 0. The van der Waals surface area contributed by atoms with Gasteiger partial charge in [0.1, 0.15) is 12.4 Å². The lowest BCUT2D eigenvalue weighted by atomic mass is 10.1. The van der Waals surface area contributed by atoms with E-state index in [4.69, 9.17) is 4.74 Å². The molecule has 0 aliphatic carbocycles. The lowest BCUT2D eigenvalue weighted by Gasteiger charge is -2.09. The fraction of sp³-hybridized carbons (Fsp3) is 0.250. The zero-order valence-corrected chi connectivity index (χ0v) is 11.1. The maximum absolute atomic E-state index is 13.4. The molecule has 0 aromatic heterocycles. The maximum Gasteiger partial charge on any atom is 0.165 e. The second kappa shape index (κ2) is 6.48. The number of benzene rings is 2. The van der Waals surface area contributed by atoms with E-state index in [0.29, 0.717) is 12.2 Å². The monoisotopic (exact) mass is 278 g/mol. The van der Waals surface area contributed by atoms with Gasteiger partial charge in [-0.3, -0.25) is 0 Å². The molecule has 2 rings (SSSR count). The molecule has 0 spiro atoms. The second-order valence-corrected chi connectivity index (χ2v) is 4.70. The van der Waals surface area contributed by atoms with Crippen LogP contribution in [0.3, 0.4) is 0 Å². The molecule has 0 amide bonds. The molecule has 4 heteroatoms. The Morgan fingerprint density at radius 2 is 1.80 bits per heavy atom. The van der Waals surface area contributed by atoms with Gasteiger partial charge in [-0.15, -0.1) is 0 Å². The Morgan fingerprint density at radius 1 is 1.10 bits per heavy atom. The number of hydrogen-bond acceptors (Lipinski definition) is 2. The lowest BCUT2D eigenvalue weighted by Crippen LogP contribution is -2.04. The molecule has 0 radical (unpaired) electrons. The highest BCUT2D eigenvalue weighted by molar-refractivity contribution is 5.28. The van der Waals surface area contributed by atoms with Gasteiger partial charge < -0.3 is 9.84 Å². The number of rotatable bonds is 5. The lowest BCUT2D eigenvalue weighted by molar-refractivity contribution is 0.195. The van der Waals surface area contributed by atoms with Gasteiger partial charge in [0.25, 0.3) is 0 Å². The van der Waals surface area contributed by atoms with Gasteiger partial charge in [0.2, 0.25) is 0 Å². The Kier molecular flexibility index (Phi) is 4.69. The molecule has 2 aromatic rings. The number of ether oxygens (including phenoxy) is 1. The second-order valence-electron chi connectivity index (χ2n) is 4.70. The first kappa shape index (κ1) is 14.5. The molecule has 106 valence electrons. The molecule has 2 nitrogen and oxygen atoms in total. The highest BCUT2D eigenvalue weighted by Crippen LogP contribution is 2.17. The Balaban J connectivity index is 1.99. The van der Waals surface area contributed by atoms with Crippen molar-refractivity contribution < 1.29 is 18.6 Å². The van der Waals surface area contributed by atoms with Crippen LogP contribution in [0.2, 0.25) is 0 Å². The van der Waals surface area contributed by atoms with E-state index in [0.717, 1.165) is 11.6 Å². The van der Waals surface area contributed by atoms with E-state index in [1.165, 1.54) is 12.1 Å². The van der Waals surface area contributed by atoms with E-state index in [-0.39, 0.29) is 12.2 Å². The number of aliphatic hydroxyl groups excluding tert-OH is 1. The van der Waals surface area contributed by atoms with E-state index in [1.54, 1.807) is 19.1 Å². The van der Waals surface area contributed by atoms with Crippen molar-refractivity contribution in [3.05, 3.63) is 65.2 Å². The van der Waals surface area contributed by atoms with Crippen LogP contribution < -0.4 is 4.74 Å². The molecular formula is C16H16F2O2. The van der Waals surface area contributed by atoms with E-state index in [9.17, 15) is 13.9 Å². The zero-order valence-electron chi connectivity index (χ0n) is 11.1. The van der Waals surface area contributed by atoms with Crippen LogP contribution in [0.5, 0.6) is 5.75 Å². The topological polar surface area (TPSA) is 29.5 Å². The minimum absolute atomic E-state index is 0.0284. The van der Waals surface area contributed by atoms with E-state index >= 15 is 0 Å². The number of aliphatic hydroxyl groups is 1. The third-order valence-electron chi connectivity index (χ3n) is 2.88. The summed E-state index contributed by atoms with van der Waals surface area (Å²) < 4.78 is 31.9. The van der Waals surface area contributed by atoms with Crippen LogP contribution in [0.25, 0.3) is 0 Å². The summed E-state index contributed by atoms with van der Waals surface area (Å²) in [5.41, 5.74) is 1.17. The third-order valence-corrected chi connectivity index (χ3v) is 2.88. The zero-order chi connectivity index (χ0) is 14.5. The highest BCUT2D eigenvalue weighted by Gasteiger charge is 2.08.